The summed E-state index contributed by atoms with van der Waals surface area (Å²) in [6, 6.07) is 12.6. The molecule has 0 saturated heterocycles. The highest BCUT2D eigenvalue weighted by molar-refractivity contribution is 6.43. The van der Waals surface area contributed by atoms with Crippen molar-refractivity contribution in [3.05, 3.63) is 69.3 Å². The number of hydrogen-bond acceptors (Lipinski definition) is 3. The number of nitrogens with one attached hydrogen (secondary N) is 2. The highest BCUT2D eigenvalue weighted by Gasteiger charge is 2.11. The summed E-state index contributed by atoms with van der Waals surface area (Å²) in [4.78, 5) is 12.3. The smallest absolute Gasteiger partial charge is 0.267 e. The van der Waals surface area contributed by atoms with Gasteiger partial charge in [0.1, 0.15) is 11.6 Å². The Morgan fingerprint density at radius 3 is 2.58 bits per heavy atom. The second-order valence-electron chi connectivity index (χ2n) is 5.19. The molecule has 0 saturated carbocycles. The standard InChI is InChI=1S/C18H15Cl2N3O/c1-11-6-7-15(12(2)8-11)23-18(24)13(9-21)10-22-16-5-3-4-14(19)17(16)20/h3-8,10,22H,1-2H3,(H,23,24)/b13-10-. The first-order chi connectivity index (χ1) is 11.4. The van der Waals surface area contributed by atoms with Crippen LogP contribution in [-0.2, 0) is 4.79 Å². The second-order valence-corrected chi connectivity index (χ2v) is 5.97. The number of rotatable bonds is 4. The van der Waals surface area contributed by atoms with Crippen LogP contribution in [0.2, 0.25) is 10.0 Å². The van der Waals surface area contributed by atoms with Gasteiger partial charge in [-0.25, -0.2) is 0 Å². The maximum absolute atomic E-state index is 12.3. The fourth-order valence-electron chi connectivity index (χ4n) is 2.06. The Morgan fingerprint density at radius 2 is 1.92 bits per heavy atom. The van der Waals surface area contributed by atoms with Gasteiger partial charge < -0.3 is 10.6 Å². The van der Waals surface area contributed by atoms with Crippen LogP contribution in [0, 0.1) is 25.2 Å². The fourth-order valence-corrected chi connectivity index (χ4v) is 2.41. The monoisotopic (exact) mass is 359 g/mol. The molecule has 0 fully saturated rings. The lowest BCUT2D eigenvalue weighted by Crippen LogP contribution is -2.15. The van der Waals surface area contributed by atoms with Crippen molar-refractivity contribution < 1.29 is 4.79 Å². The zero-order chi connectivity index (χ0) is 17.7. The van der Waals surface area contributed by atoms with Gasteiger partial charge in [0.05, 0.1) is 15.7 Å². The third-order valence-corrected chi connectivity index (χ3v) is 4.14. The largest absolute Gasteiger partial charge is 0.359 e. The van der Waals surface area contributed by atoms with Crippen LogP contribution in [0.25, 0.3) is 0 Å². The number of anilines is 2. The van der Waals surface area contributed by atoms with Crippen molar-refractivity contribution in [1.82, 2.24) is 0 Å². The molecule has 1 amide bonds. The molecule has 2 aromatic rings. The van der Waals surface area contributed by atoms with E-state index in [1.165, 1.54) is 6.20 Å². The third-order valence-electron chi connectivity index (χ3n) is 3.32. The summed E-state index contributed by atoms with van der Waals surface area (Å²) in [6.07, 6.45) is 1.30. The van der Waals surface area contributed by atoms with E-state index < -0.39 is 5.91 Å². The molecule has 0 bridgehead atoms. The fraction of sp³-hybridized carbons (Fsp3) is 0.111. The predicted molar refractivity (Wildman–Crippen MR) is 98.3 cm³/mol. The molecular formula is C18H15Cl2N3O. The highest BCUT2D eigenvalue weighted by Crippen LogP contribution is 2.29. The third kappa shape index (κ3) is 4.29. The molecule has 122 valence electrons. The van der Waals surface area contributed by atoms with E-state index in [1.807, 2.05) is 32.0 Å². The normalized spacial score (nSPS) is 10.9. The van der Waals surface area contributed by atoms with E-state index >= 15 is 0 Å². The van der Waals surface area contributed by atoms with E-state index in [2.05, 4.69) is 10.6 Å². The van der Waals surface area contributed by atoms with Gasteiger partial charge in [-0.1, -0.05) is 47.0 Å². The maximum Gasteiger partial charge on any atom is 0.267 e. The molecule has 6 heteroatoms. The number of aryl methyl sites for hydroxylation is 2. The Labute approximate surface area is 150 Å². The average Bonchev–Trinajstić information content (AvgIpc) is 2.54. The van der Waals surface area contributed by atoms with Gasteiger partial charge in [0.2, 0.25) is 0 Å². The number of amides is 1. The summed E-state index contributed by atoms with van der Waals surface area (Å²) >= 11 is 12.0. The number of halogens is 2. The SMILES string of the molecule is Cc1ccc(NC(=O)/C(C#N)=C\Nc2cccc(Cl)c2Cl)c(C)c1. The summed E-state index contributed by atoms with van der Waals surface area (Å²) in [5.41, 5.74) is 3.11. The topological polar surface area (TPSA) is 64.9 Å². The average molecular weight is 360 g/mol. The molecule has 0 radical (unpaired) electrons. The molecule has 0 atom stereocenters. The molecule has 0 heterocycles. The molecule has 2 N–H and O–H groups in total. The Balaban J connectivity index is 2.17. The molecule has 0 aliphatic rings. The first kappa shape index (κ1) is 17.9. The van der Waals surface area contributed by atoms with E-state index in [1.54, 1.807) is 24.3 Å². The lowest BCUT2D eigenvalue weighted by molar-refractivity contribution is -0.112. The van der Waals surface area contributed by atoms with Crippen LogP contribution in [0.1, 0.15) is 11.1 Å². The summed E-state index contributed by atoms with van der Waals surface area (Å²) in [7, 11) is 0. The highest BCUT2D eigenvalue weighted by atomic mass is 35.5. The van der Waals surface area contributed by atoms with E-state index in [4.69, 9.17) is 23.2 Å². The van der Waals surface area contributed by atoms with Gasteiger partial charge in [-0.3, -0.25) is 4.79 Å². The second kappa shape index (κ2) is 7.87. The van der Waals surface area contributed by atoms with Gasteiger partial charge >= 0.3 is 0 Å². The Hall–Kier alpha value is -2.48. The van der Waals surface area contributed by atoms with Gasteiger partial charge in [-0.05, 0) is 37.6 Å². The van der Waals surface area contributed by atoms with E-state index in [0.29, 0.717) is 21.4 Å². The lowest BCUT2D eigenvalue weighted by Gasteiger charge is -2.09. The van der Waals surface area contributed by atoms with Crippen LogP contribution >= 0.6 is 23.2 Å². The van der Waals surface area contributed by atoms with Gasteiger partial charge in [-0.15, -0.1) is 0 Å². The van der Waals surface area contributed by atoms with Crippen molar-refractivity contribution in [2.45, 2.75) is 13.8 Å². The molecule has 0 aromatic heterocycles. The summed E-state index contributed by atoms with van der Waals surface area (Å²) in [5.74, 6) is -0.505. The van der Waals surface area contributed by atoms with Crippen molar-refractivity contribution in [2.75, 3.05) is 10.6 Å². The van der Waals surface area contributed by atoms with E-state index in [9.17, 15) is 10.1 Å². The molecule has 0 unspecified atom stereocenters. The van der Waals surface area contributed by atoms with Gasteiger partial charge in [0, 0.05) is 11.9 Å². The lowest BCUT2D eigenvalue weighted by atomic mass is 10.1. The Bertz CT molecular complexity index is 854. The first-order valence-corrected chi connectivity index (χ1v) is 7.87. The van der Waals surface area contributed by atoms with Crippen molar-refractivity contribution in [3.8, 4) is 6.07 Å². The van der Waals surface area contributed by atoms with Crippen LogP contribution in [0.3, 0.4) is 0 Å². The number of nitriles is 1. The number of nitrogens with zero attached hydrogens (tertiary/aromatic N) is 1. The summed E-state index contributed by atoms with van der Waals surface area (Å²) in [5, 5.41) is 15.5. The molecule has 24 heavy (non-hydrogen) atoms. The molecule has 0 spiro atoms. The van der Waals surface area contributed by atoms with Crippen LogP contribution in [0.15, 0.2) is 48.2 Å². The van der Waals surface area contributed by atoms with Crippen molar-refractivity contribution >= 4 is 40.5 Å². The molecule has 4 nitrogen and oxygen atoms in total. The summed E-state index contributed by atoms with van der Waals surface area (Å²) in [6.45, 7) is 3.86. The number of carbonyl (C=O) groups excluding carboxylic acids is 1. The molecule has 2 rings (SSSR count). The molecule has 0 aliphatic heterocycles. The maximum atomic E-state index is 12.3. The van der Waals surface area contributed by atoms with Crippen LogP contribution < -0.4 is 10.6 Å². The zero-order valence-electron chi connectivity index (χ0n) is 13.2. The van der Waals surface area contributed by atoms with E-state index in [-0.39, 0.29) is 5.57 Å². The zero-order valence-corrected chi connectivity index (χ0v) is 14.7. The molecule has 0 aliphatic carbocycles. The number of carbonyl (C=O) groups is 1. The van der Waals surface area contributed by atoms with Gasteiger partial charge in [0.15, 0.2) is 0 Å². The molecule has 2 aromatic carbocycles. The van der Waals surface area contributed by atoms with Crippen LogP contribution in [0.4, 0.5) is 11.4 Å². The minimum atomic E-state index is -0.505. The minimum Gasteiger partial charge on any atom is -0.359 e. The Morgan fingerprint density at radius 1 is 1.17 bits per heavy atom. The van der Waals surface area contributed by atoms with Gasteiger partial charge in [-0.2, -0.15) is 5.26 Å². The minimum absolute atomic E-state index is 0.0778. The van der Waals surface area contributed by atoms with Gasteiger partial charge in [0.25, 0.3) is 5.91 Å². The van der Waals surface area contributed by atoms with Crippen LogP contribution in [0.5, 0.6) is 0 Å². The molecular weight excluding hydrogens is 345 g/mol. The van der Waals surface area contributed by atoms with Crippen molar-refractivity contribution in [1.29, 1.82) is 5.26 Å². The van der Waals surface area contributed by atoms with Crippen molar-refractivity contribution in [2.24, 2.45) is 0 Å². The van der Waals surface area contributed by atoms with E-state index in [0.717, 1.165) is 11.1 Å². The van der Waals surface area contributed by atoms with Crippen LogP contribution in [-0.4, -0.2) is 5.91 Å². The predicted octanol–water partition coefficient (Wildman–Crippen LogP) is 5.07. The summed E-state index contributed by atoms with van der Waals surface area (Å²) < 4.78 is 0. The first-order valence-electron chi connectivity index (χ1n) is 7.12. The quantitative estimate of drug-likeness (QED) is 0.591. The number of hydrogen-bond donors (Lipinski definition) is 2. The van der Waals surface area contributed by atoms with Crippen molar-refractivity contribution in [3.63, 3.8) is 0 Å². The Kier molecular flexibility index (Phi) is 5.86. The number of benzene rings is 2.